The minimum atomic E-state index is -0.847. The van der Waals surface area contributed by atoms with Gasteiger partial charge in [-0.15, -0.1) is 0 Å². The van der Waals surface area contributed by atoms with Gasteiger partial charge in [-0.05, 0) is 37.6 Å². The lowest BCUT2D eigenvalue weighted by Crippen LogP contribution is -2.26. The Hall–Kier alpha value is -3.15. The van der Waals surface area contributed by atoms with Crippen molar-refractivity contribution < 1.29 is 18.7 Å². The molecule has 0 aliphatic carbocycles. The number of rotatable bonds is 5. The van der Waals surface area contributed by atoms with Crippen molar-refractivity contribution in [1.29, 1.82) is 0 Å². The number of esters is 1. The Bertz CT molecular complexity index is 984. The SMILES string of the molecule is CC(=O)c1ccc2c(c1)oc(=O)n2C(C)C(=O)OCc1ccccc1. The minimum Gasteiger partial charge on any atom is -0.459 e. The fraction of sp³-hybridized carbons (Fsp3) is 0.211. The van der Waals surface area contributed by atoms with Crippen LogP contribution in [0.2, 0.25) is 0 Å². The maximum atomic E-state index is 12.3. The Balaban J connectivity index is 1.85. The number of carbonyl (C=O) groups is 2. The van der Waals surface area contributed by atoms with Crippen LogP contribution in [-0.4, -0.2) is 16.3 Å². The van der Waals surface area contributed by atoms with Gasteiger partial charge in [-0.25, -0.2) is 9.59 Å². The molecule has 1 unspecified atom stereocenters. The first-order valence-electron chi connectivity index (χ1n) is 7.84. The molecule has 1 heterocycles. The van der Waals surface area contributed by atoms with Crippen LogP contribution in [-0.2, 0) is 16.1 Å². The normalized spacial score (nSPS) is 12.1. The van der Waals surface area contributed by atoms with Crippen LogP contribution in [0.15, 0.2) is 57.7 Å². The molecule has 1 aromatic heterocycles. The van der Waals surface area contributed by atoms with Gasteiger partial charge in [0, 0.05) is 5.56 Å². The van der Waals surface area contributed by atoms with Gasteiger partial charge in [-0.3, -0.25) is 9.36 Å². The molecule has 128 valence electrons. The van der Waals surface area contributed by atoms with Gasteiger partial charge >= 0.3 is 11.7 Å². The molecule has 6 heteroatoms. The Kier molecular flexibility index (Phi) is 4.52. The summed E-state index contributed by atoms with van der Waals surface area (Å²) in [7, 11) is 0. The van der Waals surface area contributed by atoms with Crippen LogP contribution in [0.3, 0.4) is 0 Å². The Morgan fingerprint density at radius 3 is 2.56 bits per heavy atom. The molecule has 25 heavy (non-hydrogen) atoms. The van der Waals surface area contributed by atoms with E-state index in [-0.39, 0.29) is 18.0 Å². The third-order valence-corrected chi connectivity index (χ3v) is 3.97. The smallest absolute Gasteiger partial charge is 0.420 e. The molecule has 2 aromatic carbocycles. The molecule has 6 nitrogen and oxygen atoms in total. The lowest BCUT2D eigenvalue weighted by Gasteiger charge is -2.12. The van der Waals surface area contributed by atoms with Crippen LogP contribution in [0.4, 0.5) is 0 Å². The van der Waals surface area contributed by atoms with Crippen LogP contribution in [0, 0.1) is 0 Å². The first kappa shape index (κ1) is 16.7. The van der Waals surface area contributed by atoms with Crippen molar-refractivity contribution >= 4 is 22.9 Å². The van der Waals surface area contributed by atoms with Gasteiger partial charge in [0.05, 0.1) is 5.52 Å². The Labute approximate surface area is 143 Å². The molecule has 0 amide bonds. The fourth-order valence-corrected chi connectivity index (χ4v) is 2.58. The van der Waals surface area contributed by atoms with Crippen molar-refractivity contribution in [2.75, 3.05) is 0 Å². The molecule has 0 bridgehead atoms. The third kappa shape index (κ3) is 3.38. The van der Waals surface area contributed by atoms with Gasteiger partial charge in [0.15, 0.2) is 11.4 Å². The summed E-state index contributed by atoms with van der Waals surface area (Å²) < 4.78 is 11.7. The molecule has 0 N–H and O–H groups in total. The largest absolute Gasteiger partial charge is 0.459 e. The topological polar surface area (TPSA) is 78.5 Å². The standard InChI is InChI=1S/C19H17NO5/c1-12(18(22)24-11-14-6-4-3-5-7-14)20-16-9-8-15(13(2)21)10-17(16)25-19(20)23/h3-10,12H,11H2,1-2H3. The summed E-state index contributed by atoms with van der Waals surface area (Å²) >= 11 is 0. The van der Waals surface area contributed by atoms with Crippen molar-refractivity contribution in [3.8, 4) is 0 Å². The number of hydrogen-bond donors (Lipinski definition) is 0. The zero-order chi connectivity index (χ0) is 18.0. The number of benzene rings is 2. The second-order valence-electron chi connectivity index (χ2n) is 5.75. The van der Waals surface area contributed by atoms with Gasteiger partial charge in [0.1, 0.15) is 12.6 Å². The van der Waals surface area contributed by atoms with E-state index in [0.29, 0.717) is 11.1 Å². The number of aromatic nitrogens is 1. The molecule has 0 saturated carbocycles. The Morgan fingerprint density at radius 2 is 1.88 bits per heavy atom. The predicted molar refractivity (Wildman–Crippen MR) is 91.4 cm³/mol. The molecular formula is C19H17NO5. The van der Waals surface area contributed by atoms with Crippen LogP contribution in [0.1, 0.15) is 35.8 Å². The maximum Gasteiger partial charge on any atom is 0.420 e. The van der Waals surface area contributed by atoms with Gasteiger partial charge < -0.3 is 9.15 Å². The second kappa shape index (κ2) is 6.76. The monoisotopic (exact) mass is 339 g/mol. The number of oxazole rings is 1. The van der Waals surface area contributed by atoms with Crippen LogP contribution in [0.25, 0.3) is 11.1 Å². The average molecular weight is 339 g/mol. The predicted octanol–water partition coefficient (Wildman–Crippen LogP) is 3.10. The molecule has 0 fully saturated rings. The van der Waals surface area contributed by atoms with E-state index in [1.54, 1.807) is 19.1 Å². The molecule has 0 spiro atoms. The highest BCUT2D eigenvalue weighted by molar-refractivity contribution is 5.97. The van der Waals surface area contributed by atoms with Crippen molar-refractivity contribution in [1.82, 2.24) is 4.57 Å². The van der Waals surface area contributed by atoms with E-state index in [4.69, 9.17) is 9.15 Å². The highest BCUT2D eigenvalue weighted by Crippen LogP contribution is 2.20. The summed E-state index contributed by atoms with van der Waals surface area (Å²) in [6.07, 6.45) is 0. The summed E-state index contributed by atoms with van der Waals surface area (Å²) in [6, 6.07) is 13.1. The van der Waals surface area contributed by atoms with Crippen LogP contribution >= 0.6 is 0 Å². The summed E-state index contributed by atoms with van der Waals surface area (Å²) in [6.45, 7) is 3.13. The van der Waals surface area contributed by atoms with Crippen LogP contribution < -0.4 is 5.76 Å². The fourth-order valence-electron chi connectivity index (χ4n) is 2.58. The second-order valence-corrected chi connectivity index (χ2v) is 5.75. The number of ether oxygens (including phenoxy) is 1. The molecule has 0 radical (unpaired) electrons. The van der Waals surface area contributed by atoms with Gasteiger partial charge in [0.2, 0.25) is 0 Å². The van der Waals surface area contributed by atoms with Crippen LogP contribution in [0.5, 0.6) is 0 Å². The zero-order valence-electron chi connectivity index (χ0n) is 13.9. The number of nitrogens with zero attached hydrogens (tertiary/aromatic N) is 1. The lowest BCUT2D eigenvalue weighted by molar-refractivity contribution is -0.148. The maximum absolute atomic E-state index is 12.3. The molecule has 1 atom stereocenters. The highest BCUT2D eigenvalue weighted by Gasteiger charge is 2.23. The molecule has 0 saturated heterocycles. The molecule has 3 rings (SSSR count). The third-order valence-electron chi connectivity index (χ3n) is 3.97. The lowest BCUT2D eigenvalue weighted by atomic mass is 10.1. The van der Waals surface area contributed by atoms with Gasteiger partial charge in [0.25, 0.3) is 0 Å². The molecule has 0 aliphatic heterocycles. The summed E-state index contributed by atoms with van der Waals surface area (Å²) in [5, 5.41) is 0. The van der Waals surface area contributed by atoms with Gasteiger partial charge in [-0.2, -0.15) is 0 Å². The van der Waals surface area contributed by atoms with E-state index in [2.05, 4.69) is 0 Å². The minimum absolute atomic E-state index is 0.128. The first-order valence-corrected chi connectivity index (χ1v) is 7.84. The Morgan fingerprint density at radius 1 is 1.16 bits per heavy atom. The molecule has 0 aliphatic rings. The quantitative estimate of drug-likeness (QED) is 0.527. The van der Waals surface area contributed by atoms with E-state index in [1.807, 2.05) is 30.3 Å². The van der Waals surface area contributed by atoms with Crippen molar-refractivity contribution in [2.24, 2.45) is 0 Å². The number of carbonyl (C=O) groups excluding carboxylic acids is 2. The number of Topliss-reactive ketones (excluding diaryl/α,β-unsaturated/α-hetero) is 1. The summed E-state index contributed by atoms with van der Waals surface area (Å²) in [5.41, 5.74) is 2.01. The van der Waals surface area contributed by atoms with Gasteiger partial charge in [-0.1, -0.05) is 30.3 Å². The van der Waals surface area contributed by atoms with E-state index in [9.17, 15) is 14.4 Å². The summed E-state index contributed by atoms with van der Waals surface area (Å²) in [4.78, 5) is 35.9. The average Bonchev–Trinajstić information content (AvgIpc) is 2.94. The summed E-state index contributed by atoms with van der Waals surface area (Å²) in [5.74, 6) is -1.34. The van der Waals surface area contributed by atoms with E-state index in [0.717, 1.165) is 5.56 Å². The number of fused-ring (bicyclic) bond motifs is 1. The van der Waals surface area contributed by atoms with Crippen molar-refractivity contribution in [2.45, 2.75) is 26.5 Å². The van der Waals surface area contributed by atoms with E-state index < -0.39 is 17.8 Å². The van der Waals surface area contributed by atoms with Crippen molar-refractivity contribution in [3.05, 3.63) is 70.2 Å². The molecular weight excluding hydrogens is 322 g/mol. The molecule has 3 aromatic rings. The first-order chi connectivity index (χ1) is 12.0. The number of ketones is 1. The number of hydrogen-bond acceptors (Lipinski definition) is 5. The zero-order valence-corrected chi connectivity index (χ0v) is 13.9. The van der Waals surface area contributed by atoms with E-state index >= 15 is 0 Å². The van der Waals surface area contributed by atoms with Crippen molar-refractivity contribution in [3.63, 3.8) is 0 Å². The van der Waals surface area contributed by atoms with E-state index in [1.165, 1.54) is 17.6 Å². The highest BCUT2D eigenvalue weighted by atomic mass is 16.5.